The largest absolute Gasteiger partial charge is 0.505 e. The van der Waals surface area contributed by atoms with Gasteiger partial charge in [0.15, 0.2) is 17.1 Å². The van der Waals surface area contributed by atoms with E-state index < -0.39 is 23.0 Å². The predicted octanol–water partition coefficient (Wildman–Crippen LogP) is 2.46. The van der Waals surface area contributed by atoms with Crippen molar-refractivity contribution in [3.63, 3.8) is 0 Å². The molecule has 1 aromatic carbocycles. The number of amides is 2. The number of benzene rings is 1. The van der Waals surface area contributed by atoms with E-state index in [1.165, 1.54) is 27.7 Å². The topological polar surface area (TPSA) is 101 Å². The maximum atomic E-state index is 13.6. The molecule has 0 atom stereocenters. The van der Waals surface area contributed by atoms with Crippen LogP contribution in [0, 0.1) is 5.82 Å². The molecule has 2 aliphatic heterocycles. The molecule has 178 valence electrons. The van der Waals surface area contributed by atoms with Crippen LogP contribution in [0.4, 0.5) is 4.39 Å². The average molecular weight is 488 g/mol. The van der Waals surface area contributed by atoms with E-state index >= 15 is 0 Å². The number of rotatable bonds is 3. The van der Waals surface area contributed by atoms with Gasteiger partial charge in [-0.3, -0.25) is 14.4 Å². The molecular weight excluding hydrogens is 465 g/mol. The number of nitrogens with zero attached hydrogens (tertiary/aromatic N) is 5. The number of carbonyl (C=O) groups excluding carboxylic acids is 2. The van der Waals surface area contributed by atoms with E-state index in [1.54, 1.807) is 11.9 Å². The first-order chi connectivity index (χ1) is 16.3. The SMILES string of the molecule is CN1CCn2c(c(O)c3c(=O)n(Cc4ccc(F)c(Cl)c4)nc(C(=O)N4CCCCC4)c32)C1=O. The first-order valence-corrected chi connectivity index (χ1v) is 11.5. The summed E-state index contributed by atoms with van der Waals surface area (Å²) in [5, 5.41) is 15.2. The average Bonchev–Trinajstić information content (AvgIpc) is 3.14. The third kappa shape index (κ3) is 3.53. The zero-order chi connectivity index (χ0) is 24.1. The number of aromatic nitrogens is 3. The van der Waals surface area contributed by atoms with E-state index in [0.29, 0.717) is 31.7 Å². The monoisotopic (exact) mass is 487 g/mol. The number of likely N-dealkylation sites (tertiary alicyclic amines) is 1. The van der Waals surface area contributed by atoms with Crippen molar-refractivity contribution in [2.24, 2.45) is 0 Å². The van der Waals surface area contributed by atoms with Crippen LogP contribution >= 0.6 is 11.6 Å². The van der Waals surface area contributed by atoms with E-state index in [0.717, 1.165) is 23.9 Å². The van der Waals surface area contributed by atoms with Gasteiger partial charge in [-0.1, -0.05) is 17.7 Å². The third-order valence-electron chi connectivity index (χ3n) is 6.50. The van der Waals surface area contributed by atoms with E-state index in [4.69, 9.17) is 11.6 Å². The standard InChI is InChI=1S/C23H23ClFN5O4/c1-27-9-10-29-18-16(20(31)19(29)23(27)34)21(32)30(12-13-5-6-15(25)14(24)11-13)26-17(18)22(33)28-7-3-2-4-8-28/h5-6,11,31H,2-4,7-10,12H2,1H3. The number of likely N-dealkylation sites (N-methyl/N-ethyl adjacent to an activating group) is 1. The van der Waals surface area contributed by atoms with Crippen molar-refractivity contribution in [1.29, 1.82) is 0 Å². The molecule has 1 N–H and O–H groups in total. The second-order valence-corrected chi connectivity index (χ2v) is 9.12. The van der Waals surface area contributed by atoms with Crippen LogP contribution in [-0.2, 0) is 13.1 Å². The van der Waals surface area contributed by atoms with Gasteiger partial charge in [0.05, 0.1) is 17.1 Å². The summed E-state index contributed by atoms with van der Waals surface area (Å²) in [5.41, 5.74) is -0.0130. The van der Waals surface area contributed by atoms with Gasteiger partial charge >= 0.3 is 0 Å². The Hall–Kier alpha value is -3.40. The highest BCUT2D eigenvalue weighted by Crippen LogP contribution is 2.34. The third-order valence-corrected chi connectivity index (χ3v) is 6.79. The summed E-state index contributed by atoms with van der Waals surface area (Å²) in [6.45, 7) is 1.71. The lowest BCUT2D eigenvalue weighted by molar-refractivity contribution is 0.0711. The summed E-state index contributed by atoms with van der Waals surface area (Å²) in [6, 6.07) is 4.03. The highest BCUT2D eigenvalue weighted by Gasteiger charge is 2.35. The fourth-order valence-electron chi connectivity index (χ4n) is 4.68. The van der Waals surface area contributed by atoms with Gasteiger partial charge in [-0.25, -0.2) is 9.07 Å². The van der Waals surface area contributed by atoms with Crippen molar-refractivity contribution in [1.82, 2.24) is 24.1 Å². The van der Waals surface area contributed by atoms with E-state index in [-0.39, 0.29) is 39.8 Å². The minimum absolute atomic E-state index is 0.00334. The Morgan fingerprint density at radius 3 is 2.59 bits per heavy atom. The fraction of sp³-hybridized carbons (Fsp3) is 0.391. The minimum atomic E-state index is -0.652. The zero-order valence-corrected chi connectivity index (χ0v) is 19.3. The van der Waals surface area contributed by atoms with Crippen LogP contribution in [0.3, 0.4) is 0 Å². The molecule has 11 heteroatoms. The Morgan fingerprint density at radius 1 is 1.15 bits per heavy atom. The number of aromatic hydroxyl groups is 1. The van der Waals surface area contributed by atoms with Crippen LogP contribution in [-0.4, -0.2) is 67.8 Å². The van der Waals surface area contributed by atoms with Gasteiger partial charge in [-0.05, 0) is 37.0 Å². The summed E-state index contributed by atoms with van der Waals surface area (Å²) in [7, 11) is 1.61. The molecular formula is C23H23ClFN5O4. The fourth-order valence-corrected chi connectivity index (χ4v) is 4.88. The van der Waals surface area contributed by atoms with E-state index in [2.05, 4.69) is 5.10 Å². The maximum absolute atomic E-state index is 13.6. The summed E-state index contributed by atoms with van der Waals surface area (Å²) in [4.78, 5) is 42.9. The lowest BCUT2D eigenvalue weighted by atomic mass is 10.1. The van der Waals surface area contributed by atoms with Crippen LogP contribution in [0.5, 0.6) is 5.75 Å². The molecule has 3 aromatic rings. The van der Waals surface area contributed by atoms with Gasteiger partial charge < -0.3 is 19.5 Å². The first kappa shape index (κ1) is 22.4. The summed E-state index contributed by atoms with van der Waals surface area (Å²) in [5.74, 6) is -1.85. The number of halogens is 2. The molecule has 2 aromatic heterocycles. The quantitative estimate of drug-likeness (QED) is 0.611. The van der Waals surface area contributed by atoms with E-state index in [9.17, 15) is 23.9 Å². The van der Waals surface area contributed by atoms with Crippen molar-refractivity contribution in [2.75, 3.05) is 26.7 Å². The van der Waals surface area contributed by atoms with Crippen LogP contribution < -0.4 is 5.56 Å². The van der Waals surface area contributed by atoms with Crippen molar-refractivity contribution in [3.05, 3.63) is 56.3 Å². The van der Waals surface area contributed by atoms with Crippen molar-refractivity contribution in [3.8, 4) is 5.75 Å². The number of piperidine rings is 1. The molecule has 0 unspecified atom stereocenters. The van der Waals surface area contributed by atoms with Gasteiger partial charge in [0.25, 0.3) is 17.4 Å². The van der Waals surface area contributed by atoms with E-state index in [1.807, 2.05) is 0 Å². The van der Waals surface area contributed by atoms with Gasteiger partial charge in [0, 0.05) is 33.2 Å². The summed E-state index contributed by atoms with van der Waals surface area (Å²) >= 11 is 5.89. The van der Waals surface area contributed by atoms with Gasteiger partial charge in [0.2, 0.25) is 0 Å². The lowest BCUT2D eigenvalue weighted by Crippen LogP contribution is -2.39. The molecule has 0 aliphatic carbocycles. The Morgan fingerprint density at radius 2 is 1.88 bits per heavy atom. The molecule has 0 radical (unpaired) electrons. The van der Waals surface area contributed by atoms with Gasteiger partial charge in [0.1, 0.15) is 11.2 Å². The Bertz CT molecular complexity index is 1390. The zero-order valence-electron chi connectivity index (χ0n) is 18.6. The second kappa shape index (κ2) is 8.43. The maximum Gasteiger partial charge on any atom is 0.280 e. The van der Waals surface area contributed by atoms with Crippen LogP contribution in [0.2, 0.25) is 5.02 Å². The molecule has 5 rings (SSSR count). The molecule has 2 amide bonds. The number of carbonyl (C=O) groups is 2. The summed E-state index contributed by atoms with van der Waals surface area (Å²) < 4.78 is 16.2. The predicted molar refractivity (Wildman–Crippen MR) is 123 cm³/mol. The van der Waals surface area contributed by atoms with Gasteiger partial charge in [-0.2, -0.15) is 5.10 Å². The van der Waals surface area contributed by atoms with Crippen molar-refractivity contribution < 1.29 is 19.1 Å². The highest BCUT2D eigenvalue weighted by atomic mass is 35.5. The molecule has 4 heterocycles. The minimum Gasteiger partial charge on any atom is -0.505 e. The highest BCUT2D eigenvalue weighted by molar-refractivity contribution is 6.30. The van der Waals surface area contributed by atoms with Crippen LogP contribution in [0.25, 0.3) is 10.9 Å². The smallest absolute Gasteiger partial charge is 0.280 e. The van der Waals surface area contributed by atoms with Crippen LogP contribution in [0.15, 0.2) is 23.0 Å². The van der Waals surface area contributed by atoms with Crippen molar-refractivity contribution >= 4 is 34.3 Å². The summed E-state index contributed by atoms with van der Waals surface area (Å²) in [6.07, 6.45) is 2.76. The Labute approximate surface area is 198 Å². The number of hydrogen-bond acceptors (Lipinski definition) is 5. The Balaban J connectivity index is 1.74. The van der Waals surface area contributed by atoms with Crippen LogP contribution in [0.1, 0.15) is 45.8 Å². The molecule has 1 saturated heterocycles. The first-order valence-electron chi connectivity index (χ1n) is 11.1. The van der Waals surface area contributed by atoms with Gasteiger partial charge in [-0.15, -0.1) is 0 Å². The molecule has 2 aliphatic rings. The molecule has 34 heavy (non-hydrogen) atoms. The normalized spacial score (nSPS) is 16.3. The number of hydrogen-bond donors (Lipinski definition) is 1. The number of fused-ring (bicyclic) bond motifs is 3. The van der Waals surface area contributed by atoms with Crippen molar-refractivity contribution in [2.45, 2.75) is 32.4 Å². The molecule has 9 nitrogen and oxygen atoms in total. The molecule has 0 bridgehead atoms. The molecule has 0 spiro atoms. The second-order valence-electron chi connectivity index (χ2n) is 8.71. The molecule has 1 fully saturated rings. The molecule has 0 saturated carbocycles. The Kier molecular flexibility index (Phi) is 5.55. The lowest BCUT2D eigenvalue weighted by Gasteiger charge is -2.28.